The molecule has 0 aliphatic carbocycles. The Morgan fingerprint density at radius 1 is 1.32 bits per heavy atom. The van der Waals surface area contributed by atoms with Crippen molar-refractivity contribution in [3.8, 4) is 5.69 Å². The molecule has 0 amide bonds. The van der Waals surface area contributed by atoms with Crippen molar-refractivity contribution in [2.45, 2.75) is 12.6 Å². The Balaban J connectivity index is 2.45. The molecule has 3 N–H and O–H groups in total. The first-order valence-electron chi connectivity index (χ1n) is 5.60. The zero-order valence-corrected chi connectivity index (χ0v) is 9.87. The molecule has 0 aliphatic heterocycles. The summed E-state index contributed by atoms with van der Waals surface area (Å²) in [6, 6.07) is 4.57. The van der Waals surface area contributed by atoms with Gasteiger partial charge in [-0.1, -0.05) is 6.07 Å². The zero-order valence-electron chi connectivity index (χ0n) is 9.87. The van der Waals surface area contributed by atoms with E-state index in [4.69, 9.17) is 5.73 Å². The molecule has 1 aromatic heterocycles. The van der Waals surface area contributed by atoms with Gasteiger partial charge in [-0.2, -0.15) is 13.2 Å². The van der Waals surface area contributed by atoms with Gasteiger partial charge in [0.25, 0.3) is 5.56 Å². The predicted molar refractivity (Wildman–Crippen MR) is 64.2 cm³/mol. The third-order valence-electron chi connectivity index (χ3n) is 2.69. The van der Waals surface area contributed by atoms with E-state index in [9.17, 15) is 18.0 Å². The lowest BCUT2D eigenvalue weighted by atomic mass is 10.2. The molecular formula is C12H12F3N3O. The number of alkyl halides is 3. The van der Waals surface area contributed by atoms with Crippen LogP contribution in [0.15, 0.2) is 35.3 Å². The SMILES string of the molecule is NCCc1c[nH]n(-c2cccc(C(F)(F)F)c2)c1=O. The van der Waals surface area contributed by atoms with E-state index in [0.717, 1.165) is 16.8 Å². The van der Waals surface area contributed by atoms with Gasteiger partial charge in [-0.25, -0.2) is 4.68 Å². The molecule has 0 saturated heterocycles. The van der Waals surface area contributed by atoms with Gasteiger partial charge in [-0.3, -0.25) is 9.89 Å². The van der Waals surface area contributed by atoms with Crippen molar-refractivity contribution in [1.29, 1.82) is 0 Å². The molecule has 0 saturated carbocycles. The molecule has 102 valence electrons. The molecule has 0 fully saturated rings. The highest BCUT2D eigenvalue weighted by atomic mass is 19.4. The summed E-state index contributed by atoms with van der Waals surface area (Å²) in [6.45, 7) is 0.301. The fourth-order valence-electron chi connectivity index (χ4n) is 1.75. The van der Waals surface area contributed by atoms with Gasteiger partial charge in [-0.05, 0) is 31.2 Å². The minimum absolute atomic E-state index is 0.142. The Kier molecular flexibility index (Phi) is 3.48. The summed E-state index contributed by atoms with van der Waals surface area (Å²) in [5.74, 6) is 0. The fourth-order valence-corrected chi connectivity index (χ4v) is 1.75. The molecular weight excluding hydrogens is 259 g/mol. The van der Waals surface area contributed by atoms with Crippen molar-refractivity contribution in [3.63, 3.8) is 0 Å². The Bertz CT molecular complexity index is 628. The van der Waals surface area contributed by atoms with E-state index in [0.29, 0.717) is 18.5 Å². The number of hydrogen-bond donors (Lipinski definition) is 2. The number of hydrogen-bond acceptors (Lipinski definition) is 2. The van der Waals surface area contributed by atoms with Crippen LogP contribution in [0.4, 0.5) is 13.2 Å². The number of aromatic nitrogens is 2. The van der Waals surface area contributed by atoms with Crippen molar-refractivity contribution in [2.75, 3.05) is 6.54 Å². The van der Waals surface area contributed by atoms with Crippen LogP contribution < -0.4 is 11.3 Å². The van der Waals surface area contributed by atoms with Crippen LogP contribution >= 0.6 is 0 Å². The Labute approximate surface area is 106 Å². The van der Waals surface area contributed by atoms with Gasteiger partial charge in [0.1, 0.15) is 0 Å². The van der Waals surface area contributed by atoms with Crippen molar-refractivity contribution in [2.24, 2.45) is 5.73 Å². The molecule has 1 heterocycles. The lowest BCUT2D eigenvalue weighted by molar-refractivity contribution is -0.137. The van der Waals surface area contributed by atoms with Crippen LogP contribution in [0.1, 0.15) is 11.1 Å². The number of benzene rings is 1. The quantitative estimate of drug-likeness (QED) is 0.892. The molecule has 2 rings (SSSR count). The maximum atomic E-state index is 12.6. The Morgan fingerprint density at radius 2 is 2.05 bits per heavy atom. The van der Waals surface area contributed by atoms with E-state index in [1.54, 1.807) is 0 Å². The largest absolute Gasteiger partial charge is 0.416 e. The van der Waals surface area contributed by atoms with Crippen LogP contribution in [0.2, 0.25) is 0 Å². The predicted octanol–water partition coefficient (Wildman–Crippen LogP) is 1.69. The molecule has 0 radical (unpaired) electrons. The van der Waals surface area contributed by atoms with Gasteiger partial charge in [0, 0.05) is 11.8 Å². The molecule has 19 heavy (non-hydrogen) atoms. The topological polar surface area (TPSA) is 63.8 Å². The van der Waals surface area contributed by atoms with Crippen LogP contribution in [0.5, 0.6) is 0 Å². The second-order valence-corrected chi connectivity index (χ2v) is 4.03. The van der Waals surface area contributed by atoms with Gasteiger partial charge < -0.3 is 5.73 Å². The molecule has 0 bridgehead atoms. The molecule has 7 heteroatoms. The Hall–Kier alpha value is -2.02. The number of nitrogens with zero attached hydrogens (tertiary/aromatic N) is 1. The number of H-pyrrole nitrogens is 1. The summed E-state index contributed by atoms with van der Waals surface area (Å²) in [4.78, 5) is 11.9. The van der Waals surface area contributed by atoms with E-state index in [1.165, 1.54) is 18.3 Å². The van der Waals surface area contributed by atoms with E-state index in [2.05, 4.69) is 5.10 Å². The molecule has 0 spiro atoms. The highest BCUT2D eigenvalue weighted by molar-refractivity contribution is 5.36. The second kappa shape index (κ2) is 4.93. The minimum Gasteiger partial charge on any atom is -0.330 e. The van der Waals surface area contributed by atoms with E-state index in [-0.39, 0.29) is 11.2 Å². The van der Waals surface area contributed by atoms with Gasteiger partial charge >= 0.3 is 6.18 Å². The normalized spacial score (nSPS) is 11.8. The summed E-state index contributed by atoms with van der Waals surface area (Å²) < 4.78 is 38.9. The van der Waals surface area contributed by atoms with Crippen molar-refractivity contribution in [1.82, 2.24) is 9.78 Å². The minimum atomic E-state index is -4.44. The molecule has 4 nitrogen and oxygen atoms in total. The van der Waals surface area contributed by atoms with Gasteiger partial charge in [0.15, 0.2) is 0 Å². The lowest BCUT2D eigenvalue weighted by Gasteiger charge is -2.08. The maximum absolute atomic E-state index is 12.6. The molecule has 0 unspecified atom stereocenters. The number of aromatic amines is 1. The van der Waals surface area contributed by atoms with Crippen molar-refractivity contribution in [3.05, 3.63) is 51.9 Å². The van der Waals surface area contributed by atoms with E-state index < -0.39 is 11.7 Å². The number of rotatable bonds is 3. The van der Waals surface area contributed by atoms with E-state index in [1.807, 2.05) is 0 Å². The van der Waals surface area contributed by atoms with Crippen LogP contribution in [-0.4, -0.2) is 16.3 Å². The molecule has 0 atom stereocenters. The third kappa shape index (κ3) is 2.70. The average molecular weight is 271 g/mol. The van der Waals surface area contributed by atoms with Crippen LogP contribution in [0.25, 0.3) is 5.69 Å². The molecule has 2 aromatic rings. The number of nitrogens with two attached hydrogens (primary N) is 1. The Morgan fingerprint density at radius 3 is 2.68 bits per heavy atom. The summed E-state index contributed by atoms with van der Waals surface area (Å²) >= 11 is 0. The lowest BCUT2D eigenvalue weighted by Crippen LogP contribution is -2.19. The summed E-state index contributed by atoms with van der Waals surface area (Å²) in [5.41, 5.74) is 4.75. The third-order valence-corrected chi connectivity index (χ3v) is 2.69. The van der Waals surface area contributed by atoms with Crippen molar-refractivity contribution < 1.29 is 13.2 Å². The molecule has 0 aliphatic rings. The monoisotopic (exact) mass is 271 g/mol. The summed E-state index contributed by atoms with van der Waals surface area (Å²) in [7, 11) is 0. The summed E-state index contributed by atoms with van der Waals surface area (Å²) in [6.07, 6.45) is -2.61. The standard InChI is InChI=1S/C12H12F3N3O/c13-12(14,15)9-2-1-3-10(6-9)18-11(19)8(4-5-16)7-17-18/h1-3,6-7,17H,4-5,16H2. The van der Waals surface area contributed by atoms with Gasteiger partial charge in [0.05, 0.1) is 11.3 Å². The maximum Gasteiger partial charge on any atom is 0.416 e. The highest BCUT2D eigenvalue weighted by Crippen LogP contribution is 2.29. The second-order valence-electron chi connectivity index (χ2n) is 4.03. The number of nitrogens with one attached hydrogen (secondary N) is 1. The number of halogens is 3. The first-order valence-corrected chi connectivity index (χ1v) is 5.60. The van der Waals surface area contributed by atoms with Crippen LogP contribution in [-0.2, 0) is 12.6 Å². The molecule has 1 aromatic carbocycles. The van der Waals surface area contributed by atoms with Gasteiger partial charge in [0.2, 0.25) is 0 Å². The van der Waals surface area contributed by atoms with Crippen molar-refractivity contribution >= 4 is 0 Å². The highest BCUT2D eigenvalue weighted by Gasteiger charge is 2.30. The van der Waals surface area contributed by atoms with Crippen LogP contribution in [0.3, 0.4) is 0 Å². The summed E-state index contributed by atoms with van der Waals surface area (Å²) in [5, 5.41) is 2.64. The van der Waals surface area contributed by atoms with Gasteiger partial charge in [-0.15, -0.1) is 0 Å². The fraction of sp³-hybridized carbons (Fsp3) is 0.250. The van der Waals surface area contributed by atoms with E-state index >= 15 is 0 Å². The van der Waals surface area contributed by atoms with Crippen LogP contribution in [0, 0.1) is 0 Å². The first kappa shape index (κ1) is 13.4. The first-order chi connectivity index (χ1) is 8.93. The average Bonchev–Trinajstić information content (AvgIpc) is 2.71. The smallest absolute Gasteiger partial charge is 0.330 e. The zero-order chi connectivity index (χ0) is 14.0.